The molecule has 1 amide bonds. The largest absolute Gasteiger partial charge is 0.493 e. The van der Waals surface area contributed by atoms with Crippen LogP contribution in [0.15, 0.2) is 42.5 Å². The van der Waals surface area contributed by atoms with Crippen molar-refractivity contribution in [1.82, 2.24) is 4.90 Å². The van der Waals surface area contributed by atoms with Gasteiger partial charge < -0.3 is 24.2 Å². The van der Waals surface area contributed by atoms with E-state index in [0.717, 1.165) is 18.4 Å². The van der Waals surface area contributed by atoms with Crippen LogP contribution in [0.25, 0.3) is 0 Å². The van der Waals surface area contributed by atoms with Gasteiger partial charge in [-0.2, -0.15) is 0 Å². The molecule has 162 valence electrons. The van der Waals surface area contributed by atoms with Gasteiger partial charge >= 0.3 is 0 Å². The van der Waals surface area contributed by atoms with Gasteiger partial charge in [0.1, 0.15) is 0 Å². The van der Waals surface area contributed by atoms with Gasteiger partial charge in [0, 0.05) is 26.1 Å². The highest BCUT2D eigenvalue weighted by molar-refractivity contribution is 5.79. The van der Waals surface area contributed by atoms with Crippen LogP contribution in [0.4, 0.5) is 0 Å². The van der Waals surface area contributed by atoms with E-state index in [9.17, 15) is 9.90 Å². The second-order valence-corrected chi connectivity index (χ2v) is 7.92. The van der Waals surface area contributed by atoms with E-state index < -0.39 is 0 Å². The molecule has 1 fully saturated rings. The summed E-state index contributed by atoms with van der Waals surface area (Å²) in [5.41, 5.74) is 1.97. The Balaban J connectivity index is 1.76. The molecule has 1 atom stereocenters. The third kappa shape index (κ3) is 4.87. The number of aryl methyl sites for hydroxylation is 1. The molecule has 0 spiro atoms. The number of carbonyl (C=O) groups excluding carboxylic acids is 1. The molecule has 0 aliphatic carbocycles. The SMILES string of the molecule is COc1cc(CN2CC(CCO)(CCc3ccccc3)CC2=O)cc(OC)c1OC. The first-order valence-electron chi connectivity index (χ1n) is 10.3. The fourth-order valence-corrected chi connectivity index (χ4v) is 4.32. The molecular weight excluding hydrogens is 382 g/mol. The Kier molecular flexibility index (Phi) is 7.21. The summed E-state index contributed by atoms with van der Waals surface area (Å²) in [6.45, 7) is 1.18. The predicted molar refractivity (Wildman–Crippen MR) is 115 cm³/mol. The molecule has 1 N–H and O–H groups in total. The van der Waals surface area contributed by atoms with Crippen molar-refractivity contribution >= 4 is 5.91 Å². The van der Waals surface area contributed by atoms with E-state index in [1.165, 1.54) is 5.56 Å². The Morgan fingerprint density at radius 3 is 2.20 bits per heavy atom. The third-order valence-corrected chi connectivity index (χ3v) is 5.93. The number of ether oxygens (including phenoxy) is 3. The lowest BCUT2D eigenvalue weighted by atomic mass is 9.78. The molecule has 2 aromatic carbocycles. The Bertz CT molecular complexity index is 829. The smallest absolute Gasteiger partial charge is 0.223 e. The van der Waals surface area contributed by atoms with Crippen molar-refractivity contribution in [3.05, 3.63) is 53.6 Å². The van der Waals surface area contributed by atoms with Crippen LogP contribution >= 0.6 is 0 Å². The third-order valence-electron chi connectivity index (χ3n) is 5.93. The molecule has 1 aliphatic rings. The second-order valence-electron chi connectivity index (χ2n) is 7.92. The van der Waals surface area contributed by atoms with Crippen molar-refractivity contribution in [1.29, 1.82) is 0 Å². The van der Waals surface area contributed by atoms with Crippen molar-refractivity contribution in [3.63, 3.8) is 0 Å². The fourth-order valence-electron chi connectivity index (χ4n) is 4.32. The average molecular weight is 414 g/mol. The van der Waals surface area contributed by atoms with Crippen LogP contribution in [0.1, 0.15) is 30.4 Å². The van der Waals surface area contributed by atoms with E-state index in [0.29, 0.717) is 43.2 Å². The van der Waals surface area contributed by atoms with Crippen molar-refractivity contribution in [2.45, 2.75) is 32.2 Å². The van der Waals surface area contributed by atoms with Crippen molar-refractivity contribution in [2.75, 3.05) is 34.5 Å². The van der Waals surface area contributed by atoms with E-state index in [4.69, 9.17) is 14.2 Å². The lowest BCUT2D eigenvalue weighted by molar-refractivity contribution is -0.128. The number of hydrogen-bond donors (Lipinski definition) is 1. The molecule has 2 aromatic rings. The Hall–Kier alpha value is -2.73. The zero-order valence-corrected chi connectivity index (χ0v) is 18.0. The van der Waals surface area contributed by atoms with E-state index in [2.05, 4.69) is 12.1 Å². The van der Waals surface area contributed by atoms with Gasteiger partial charge in [0.15, 0.2) is 11.5 Å². The molecule has 1 saturated heterocycles. The summed E-state index contributed by atoms with van der Waals surface area (Å²) < 4.78 is 16.3. The summed E-state index contributed by atoms with van der Waals surface area (Å²) in [5, 5.41) is 9.67. The van der Waals surface area contributed by atoms with Crippen LogP contribution in [0.2, 0.25) is 0 Å². The molecule has 0 bridgehead atoms. The van der Waals surface area contributed by atoms with Crippen LogP contribution in [-0.4, -0.2) is 50.4 Å². The summed E-state index contributed by atoms with van der Waals surface area (Å²) in [6, 6.07) is 14.0. The standard InChI is InChI=1S/C24H31NO5/c1-28-20-13-19(14-21(29-2)23(20)30-3)16-25-17-24(11-12-26,15-22(25)27)10-9-18-7-5-4-6-8-18/h4-8,13-14,26H,9-12,15-17H2,1-3H3. The van der Waals surface area contributed by atoms with Gasteiger partial charge in [-0.3, -0.25) is 4.79 Å². The lowest BCUT2D eigenvalue weighted by Crippen LogP contribution is -2.29. The fraction of sp³-hybridized carbons (Fsp3) is 0.458. The lowest BCUT2D eigenvalue weighted by Gasteiger charge is -2.28. The molecule has 6 heteroatoms. The van der Waals surface area contributed by atoms with Crippen LogP contribution < -0.4 is 14.2 Å². The van der Waals surface area contributed by atoms with Gasteiger partial charge in [-0.1, -0.05) is 30.3 Å². The van der Waals surface area contributed by atoms with Crippen molar-refractivity contribution in [2.24, 2.45) is 5.41 Å². The topological polar surface area (TPSA) is 68.2 Å². The summed E-state index contributed by atoms with van der Waals surface area (Å²) in [4.78, 5) is 14.7. The minimum atomic E-state index is -0.206. The maximum Gasteiger partial charge on any atom is 0.223 e. The zero-order chi connectivity index (χ0) is 21.6. The minimum Gasteiger partial charge on any atom is -0.493 e. The highest BCUT2D eigenvalue weighted by atomic mass is 16.5. The summed E-state index contributed by atoms with van der Waals surface area (Å²) in [5.74, 6) is 1.80. The molecule has 30 heavy (non-hydrogen) atoms. The van der Waals surface area contributed by atoms with Crippen molar-refractivity contribution in [3.8, 4) is 17.2 Å². The van der Waals surface area contributed by atoms with Gasteiger partial charge in [0.2, 0.25) is 11.7 Å². The molecule has 1 heterocycles. The molecule has 1 aliphatic heterocycles. The van der Waals surface area contributed by atoms with Gasteiger partial charge in [0.25, 0.3) is 0 Å². The summed E-state index contributed by atoms with van der Waals surface area (Å²) >= 11 is 0. The average Bonchev–Trinajstić information content (AvgIpc) is 3.07. The van der Waals surface area contributed by atoms with Crippen molar-refractivity contribution < 1.29 is 24.1 Å². The van der Waals surface area contributed by atoms with Crippen LogP contribution in [0.5, 0.6) is 17.2 Å². The quantitative estimate of drug-likeness (QED) is 0.646. The number of amides is 1. The highest BCUT2D eigenvalue weighted by Gasteiger charge is 2.42. The maximum atomic E-state index is 12.9. The number of methoxy groups -OCH3 is 3. The molecule has 0 saturated carbocycles. The van der Waals surface area contributed by atoms with Crippen LogP contribution in [-0.2, 0) is 17.8 Å². The van der Waals surface area contributed by atoms with Crippen LogP contribution in [0.3, 0.4) is 0 Å². The number of carbonyl (C=O) groups is 1. The Morgan fingerprint density at radius 1 is 0.967 bits per heavy atom. The molecule has 3 rings (SSSR count). The number of aliphatic hydroxyl groups excluding tert-OH is 1. The van der Waals surface area contributed by atoms with E-state index in [-0.39, 0.29) is 17.9 Å². The highest BCUT2D eigenvalue weighted by Crippen LogP contribution is 2.42. The van der Waals surface area contributed by atoms with E-state index >= 15 is 0 Å². The number of rotatable bonds is 10. The molecular formula is C24H31NO5. The number of nitrogens with zero attached hydrogens (tertiary/aromatic N) is 1. The van der Waals surface area contributed by atoms with Gasteiger partial charge in [-0.05, 0) is 47.9 Å². The number of hydrogen-bond acceptors (Lipinski definition) is 5. The molecule has 0 radical (unpaired) electrons. The van der Waals surface area contributed by atoms with E-state index in [1.807, 2.05) is 35.2 Å². The Labute approximate surface area is 178 Å². The minimum absolute atomic E-state index is 0.0834. The van der Waals surface area contributed by atoms with Gasteiger partial charge in [0.05, 0.1) is 21.3 Å². The first-order valence-corrected chi connectivity index (χ1v) is 10.3. The molecule has 1 unspecified atom stereocenters. The zero-order valence-electron chi connectivity index (χ0n) is 18.0. The first-order chi connectivity index (χ1) is 14.5. The number of aliphatic hydroxyl groups is 1. The predicted octanol–water partition coefficient (Wildman–Crippen LogP) is 3.45. The summed E-state index contributed by atoms with van der Waals surface area (Å²) in [6.07, 6.45) is 2.85. The maximum absolute atomic E-state index is 12.9. The number of likely N-dealkylation sites (tertiary alicyclic amines) is 1. The van der Waals surface area contributed by atoms with Gasteiger partial charge in [-0.15, -0.1) is 0 Å². The van der Waals surface area contributed by atoms with Crippen LogP contribution in [0, 0.1) is 5.41 Å². The van der Waals surface area contributed by atoms with E-state index in [1.54, 1.807) is 21.3 Å². The normalized spacial score (nSPS) is 18.5. The molecule has 0 aromatic heterocycles. The van der Waals surface area contributed by atoms with Gasteiger partial charge in [-0.25, -0.2) is 0 Å². The molecule has 6 nitrogen and oxygen atoms in total. The first kappa shape index (κ1) is 22.0. The summed E-state index contributed by atoms with van der Waals surface area (Å²) in [7, 11) is 4.73. The number of benzene rings is 2. The monoisotopic (exact) mass is 413 g/mol. The Morgan fingerprint density at radius 2 is 1.63 bits per heavy atom. The second kappa shape index (κ2) is 9.85.